The van der Waals surface area contributed by atoms with Gasteiger partial charge in [0.2, 0.25) is 11.8 Å². The first-order valence-corrected chi connectivity index (χ1v) is 7.61. The maximum atomic E-state index is 12.7. The third kappa shape index (κ3) is 2.42. The second-order valence-corrected chi connectivity index (χ2v) is 6.31. The number of imide groups is 1. The lowest BCUT2D eigenvalue weighted by atomic mass is 9.76. The standard InChI is InChI=1S/C16H19NO5/c1-9-4-5-10-11(7-9)16(21)17(15(10)20)12(8-14(18)19)13-3-2-6-22-13/h2-3,6,9-12H,4-5,7-8H2,1H3,(H,18,19)/t9-,10+,11-,12-/m1/s1. The van der Waals surface area contributed by atoms with Gasteiger partial charge < -0.3 is 9.52 Å². The van der Waals surface area contributed by atoms with Gasteiger partial charge in [-0.15, -0.1) is 0 Å². The first-order chi connectivity index (χ1) is 10.5. The Morgan fingerprint density at radius 1 is 1.36 bits per heavy atom. The van der Waals surface area contributed by atoms with E-state index in [4.69, 9.17) is 9.52 Å². The molecule has 0 bridgehead atoms. The van der Waals surface area contributed by atoms with E-state index < -0.39 is 12.0 Å². The SMILES string of the molecule is C[C@@H]1CC[C@@H]2C(=O)N([C@H](CC(=O)O)c3ccco3)C(=O)[C@@H]2C1. The molecule has 6 nitrogen and oxygen atoms in total. The molecular formula is C16H19NO5. The molecule has 2 fully saturated rings. The Kier molecular flexibility index (Phi) is 3.76. The molecule has 2 heterocycles. The second-order valence-electron chi connectivity index (χ2n) is 6.31. The van der Waals surface area contributed by atoms with Crippen LogP contribution in [0.1, 0.15) is 44.4 Å². The number of carbonyl (C=O) groups excluding carboxylic acids is 2. The third-order valence-corrected chi connectivity index (χ3v) is 4.77. The number of hydrogen-bond acceptors (Lipinski definition) is 4. The van der Waals surface area contributed by atoms with Crippen LogP contribution in [0.4, 0.5) is 0 Å². The summed E-state index contributed by atoms with van der Waals surface area (Å²) in [5.74, 6) is -1.40. The van der Waals surface area contributed by atoms with Gasteiger partial charge in [-0.2, -0.15) is 0 Å². The van der Waals surface area contributed by atoms with Gasteiger partial charge in [-0.25, -0.2) is 0 Å². The molecule has 22 heavy (non-hydrogen) atoms. The molecule has 1 aromatic rings. The maximum Gasteiger partial charge on any atom is 0.305 e. The molecule has 1 saturated carbocycles. The Hall–Kier alpha value is -2.11. The Balaban J connectivity index is 1.92. The van der Waals surface area contributed by atoms with Gasteiger partial charge in [-0.1, -0.05) is 6.92 Å². The average Bonchev–Trinajstić information content (AvgIpc) is 3.06. The first kappa shape index (κ1) is 14.8. The highest BCUT2D eigenvalue weighted by Crippen LogP contribution is 2.44. The number of nitrogens with zero attached hydrogens (tertiary/aromatic N) is 1. The lowest BCUT2D eigenvalue weighted by Gasteiger charge is -2.25. The third-order valence-electron chi connectivity index (χ3n) is 4.77. The quantitative estimate of drug-likeness (QED) is 0.862. The van der Waals surface area contributed by atoms with Gasteiger partial charge >= 0.3 is 5.97 Å². The van der Waals surface area contributed by atoms with Crippen molar-refractivity contribution in [3.8, 4) is 0 Å². The van der Waals surface area contributed by atoms with Crippen molar-refractivity contribution in [2.45, 2.75) is 38.6 Å². The summed E-state index contributed by atoms with van der Waals surface area (Å²) in [7, 11) is 0. The molecule has 1 aliphatic carbocycles. The highest BCUT2D eigenvalue weighted by atomic mass is 16.4. The van der Waals surface area contributed by atoms with Crippen molar-refractivity contribution in [3.05, 3.63) is 24.2 Å². The van der Waals surface area contributed by atoms with Crippen LogP contribution in [0.15, 0.2) is 22.8 Å². The molecule has 118 valence electrons. The van der Waals surface area contributed by atoms with Crippen molar-refractivity contribution in [1.29, 1.82) is 0 Å². The Morgan fingerprint density at radius 2 is 2.09 bits per heavy atom. The number of hydrogen-bond donors (Lipinski definition) is 1. The zero-order valence-corrected chi connectivity index (χ0v) is 12.4. The zero-order valence-electron chi connectivity index (χ0n) is 12.4. The fourth-order valence-electron chi connectivity index (χ4n) is 3.69. The van der Waals surface area contributed by atoms with Gasteiger partial charge in [-0.3, -0.25) is 19.3 Å². The Morgan fingerprint density at radius 3 is 2.73 bits per heavy atom. The Bertz CT molecular complexity index is 594. The number of rotatable bonds is 4. The summed E-state index contributed by atoms with van der Waals surface area (Å²) in [5, 5.41) is 9.13. The van der Waals surface area contributed by atoms with Gasteiger partial charge in [-0.05, 0) is 37.3 Å². The smallest absolute Gasteiger partial charge is 0.305 e. The van der Waals surface area contributed by atoms with Crippen molar-refractivity contribution >= 4 is 17.8 Å². The summed E-state index contributed by atoms with van der Waals surface area (Å²) in [6.07, 6.45) is 3.41. The monoisotopic (exact) mass is 305 g/mol. The van der Waals surface area contributed by atoms with Gasteiger partial charge in [0.15, 0.2) is 0 Å². The number of carbonyl (C=O) groups is 3. The van der Waals surface area contributed by atoms with E-state index >= 15 is 0 Å². The van der Waals surface area contributed by atoms with Crippen LogP contribution >= 0.6 is 0 Å². The molecule has 1 aromatic heterocycles. The van der Waals surface area contributed by atoms with Crippen molar-refractivity contribution in [2.75, 3.05) is 0 Å². The number of amides is 2. The van der Waals surface area contributed by atoms with E-state index in [1.54, 1.807) is 12.1 Å². The molecule has 1 N–H and O–H groups in total. The van der Waals surface area contributed by atoms with Crippen LogP contribution in [0.3, 0.4) is 0 Å². The molecule has 0 aromatic carbocycles. The topological polar surface area (TPSA) is 87.8 Å². The fraction of sp³-hybridized carbons (Fsp3) is 0.562. The molecule has 1 aliphatic heterocycles. The van der Waals surface area contributed by atoms with Crippen LogP contribution in [-0.2, 0) is 14.4 Å². The molecule has 4 atom stereocenters. The van der Waals surface area contributed by atoms with Crippen LogP contribution in [0.2, 0.25) is 0 Å². The highest BCUT2D eigenvalue weighted by Gasteiger charge is 2.52. The molecule has 0 radical (unpaired) electrons. The number of likely N-dealkylation sites (tertiary alicyclic amines) is 1. The fourth-order valence-corrected chi connectivity index (χ4v) is 3.69. The second kappa shape index (κ2) is 5.59. The van der Waals surface area contributed by atoms with E-state index in [2.05, 4.69) is 6.92 Å². The van der Waals surface area contributed by atoms with Crippen molar-refractivity contribution in [1.82, 2.24) is 4.90 Å². The minimum absolute atomic E-state index is 0.246. The predicted molar refractivity (Wildman–Crippen MR) is 75.5 cm³/mol. The van der Waals surface area contributed by atoms with Crippen LogP contribution in [-0.4, -0.2) is 27.8 Å². The van der Waals surface area contributed by atoms with Gasteiger partial charge in [0.05, 0.1) is 24.5 Å². The van der Waals surface area contributed by atoms with Crippen molar-refractivity contribution < 1.29 is 23.9 Å². The minimum atomic E-state index is -1.06. The maximum absolute atomic E-state index is 12.7. The molecule has 3 rings (SSSR count). The van der Waals surface area contributed by atoms with Crippen LogP contribution in [0.25, 0.3) is 0 Å². The largest absolute Gasteiger partial charge is 0.481 e. The first-order valence-electron chi connectivity index (χ1n) is 7.61. The summed E-state index contributed by atoms with van der Waals surface area (Å²) in [6.45, 7) is 2.08. The van der Waals surface area contributed by atoms with Gasteiger partial charge in [0.25, 0.3) is 0 Å². The minimum Gasteiger partial charge on any atom is -0.481 e. The predicted octanol–water partition coefficient (Wildman–Crippen LogP) is 2.22. The zero-order chi connectivity index (χ0) is 15.9. The number of furan rings is 1. The van der Waals surface area contributed by atoms with E-state index in [-0.39, 0.29) is 30.1 Å². The number of carboxylic acid groups (broad SMARTS) is 1. The van der Waals surface area contributed by atoms with Crippen LogP contribution in [0, 0.1) is 17.8 Å². The van der Waals surface area contributed by atoms with E-state index in [9.17, 15) is 14.4 Å². The number of carboxylic acids is 1. The number of fused-ring (bicyclic) bond motifs is 1. The van der Waals surface area contributed by atoms with Gasteiger partial charge in [0.1, 0.15) is 11.8 Å². The lowest BCUT2D eigenvalue weighted by molar-refractivity contribution is -0.146. The molecule has 2 aliphatic rings. The summed E-state index contributed by atoms with van der Waals surface area (Å²) >= 11 is 0. The van der Waals surface area contributed by atoms with E-state index in [0.717, 1.165) is 11.3 Å². The van der Waals surface area contributed by atoms with Crippen molar-refractivity contribution in [3.63, 3.8) is 0 Å². The van der Waals surface area contributed by atoms with Gasteiger partial charge in [0, 0.05) is 0 Å². The summed E-state index contributed by atoms with van der Waals surface area (Å²) in [4.78, 5) is 37.6. The summed E-state index contributed by atoms with van der Waals surface area (Å²) in [5.41, 5.74) is 0. The normalized spacial score (nSPS) is 29.5. The van der Waals surface area contributed by atoms with Crippen LogP contribution in [0.5, 0.6) is 0 Å². The summed E-state index contributed by atoms with van der Waals surface area (Å²) < 4.78 is 5.27. The van der Waals surface area contributed by atoms with E-state index in [0.29, 0.717) is 24.5 Å². The summed E-state index contributed by atoms with van der Waals surface area (Å²) in [6, 6.07) is 2.39. The van der Waals surface area contributed by atoms with E-state index in [1.165, 1.54) is 6.26 Å². The molecule has 0 unspecified atom stereocenters. The molecular weight excluding hydrogens is 286 g/mol. The molecule has 2 amide bonds. The van der Waals surface area contributed by atoms with E-state index in [1.807, 2.05) is 0 Å². The van der Waals surface area contributed by atoms with Crippen LogP contribution < -0.4 is 0 Å². The van der Waals surface area contributed by atoms with Crippen molar-refractivity contribution in [2.24, 2.45) is 17.8 Å². The number of aliphatic carboxylic acids is 1. The lowest BCUT2D eigenvalue weighted by Crippen LogP contribution is -2.36. The average molecular weight is 305 g/mol. The molecule has 0 spiro atoms. The molecule has 6 heteroatoms. The molecule has 1 saturated heterocycles. The highest BCUT2D eigenvalue weighted by molar-refractivity contribution is 6.05. The Labute approximate surface area is 128 Å².